The Morgan fingerprint density at radius 2 is 2.05 bits per heavy atom. The molecule has 0 heterocycles. The van der Waals surface area contributed by atoms with E-state index in [1.807, 2.05) is 0 Å². The van der Waals surface area contributed by atoms with E-state index in [4.69, 9.17) is 4.74 Å². The van der Waals surface area contributed by atoms with Crippen LogP contribution in [-0.4, -0.2) is 13.7 Å². The van der Waals surface area contributed by atoms with E-state index in [1.165, 1.54) is 47.7 Å². The largest absolute Gasteiger partial charge is 0.496 e. The van der Waals surface area contributed by atoms with E-state index in [1.54, 1.807) is 7.11 Å². The first-order chi connectivity index (χ1) is 9.65. The van der Waals surface area contributed by atoms with Gasteiger partial charge in [0.15, 0.2) is 0 Å². The van der Waals surface area contributed by atoms with Crippen LogP contribution in [0.3, 0.4) is 0 Å². The summed E-state index contributed by atoms with van der Waals surface area (Å²) < 4.78 is 6.78. The molecule has 0 saturated heterocycles. The molecule has 0 aromatic heterocycles. The van der Waals surface area contributed by atoms with Crippen molar-refractivity contribution in [1.82, 2.24) is 5.32 Å². The van der Waals surface area contributed by atoms with Gasteiger partial charge in [0, 0.05) is 16.1 Å². The summed E-state index contributed by atoms with van der Waals surface area (Å²) in [5.74, 6) is 1.87. The molecule has 0 amide bonds. The zero-order valence-corrected chi connectivity index (χ0v) is 14.4. The third-order valence-corrected chi connectivity index (χ3v) is 5.24. The van der Waals surface area contributed by atoms with Crippen molar-refractivity contribution >= 4 is 15.9 Å². The topological polar surface area (TPSA) is 21.3 Å². The number of hydrogen-bond donors (Lipinski definition) is 1. The highest BCUT2D eigenvalue weighted by Gasteiger charge is 2.23. The van der Waals surface area contributed by atoms with Crippen molar-refractivity contribution in [2.24, 2.45) is 5.92 Å². The molecule has 0 bridgehead atoms. The summed E-state index contributed by atoms with van der Waals surface area (Å²) in [5.41, 5.74) is 2.51. The fraction of sp³-hybridized carbons (Fsp3) is 0.647. The summed E-state index contributed by atoms with van der Waals surface area (Å²) in [5, 5.41) is 3.65. The lowest BCUT2D eigenvalue weighted by molar-refractivity contribution is 0.370. The van der Waals surface area contributed by atoms with Crippen molar-refractivity contribution < 1.29 is 4.74 Å². The summed E-state index contributed by atoms with van der Waals surface area (Å²) in [4.78, 5) is 0. The Kier molecular flexibility index (Phi) is 5.91. The van der Waals surface area contributed by atoms with Crippen LogP contribution in [0.15, 0.2) is 16.6 Å². The number of methoxy groups -OCH3 is 1. The molecule has 2 nitrogen and oxygen atoms in total. The minimum atomic E-state index is 0.398. The lowest BCUT2D eigenvalue weighted by Gasteiger charge is -2.24. The van der Waals surface area contributed by atoms with Crippen LogP contribution >= 0.6 is 15.9 Å². The molecule has 1 unspecified atom stereocenters. The van der Waals surface area contributed by atoms with Crippen LogP contribution in [0.25, 0.3) is 0 Å². The first-order valence-electron chi connectivity index (χ1n) is 7.73. The van der Waals surface area contributed by atoms with Gasteiger partial charge >= 0.3 is 0 Å². The van der Waals surface area contributed by atoms with E-state index in [-0.39, 0.29) is 0 Å². The van der Waals surface area contributed by atoms with Crippen molar-refractivity contribution in [2.75, 3.05) is 13.7 Å². The van der Waals surface area contributed by atoms with Crippen LogP contribution in [0.4, 0.5) is 0 Å². The molecule has 112 valence electrons. The summed E-state index contributed by atoms with van der Waals surface area (Å²) in [6.45, 7) is 5.28. The monoisotopic (exact) mass is 339 g/mol. The van der Waals surface area contributed by atoms with E-state index in [2.05, 4.69) is 47.2 Å². The highest BCUT2D eigenvalue weighted by Crippen LogP contribution is 2.37. The van der Waals surface area contributed by atoms with Gasteiger partial charge in [0.25, 0.3) is 0 Å². The van der Waals surface area contributed by atoms with Gasteiger partial charge in [-0.2, -0.15) is 0 Å². The van der Waals surface area contributed by atoms with Gasteiger partial charge in [-0.05, 0) is 43.5 Å². The number of halogens is 1. The van der Waals surface area contributed by atoms with Crippen molar-refractivity contribution in [3.8, 4) is 5.75 Å². The lowest BCUT2D eigenvalue weighted by atomic mass is 9.92. The molecule has 0 radical (unpaired) electrons. The number of ether oxygens (including phenoxy) is 1. The molecule has 1 saturated carbocycles. The second-order valence-electron chi connectivity index (χ2n) is 5.84. The van der Waals surface area contributed by atoms with E-state index >= 15 is 0 Å². The van der Waals surface area contributed by atoms with Crippen molar-refractivity contribution in [2.45, 2.75) is 52.0 Å². The maximum absolute atomic E-state index is 5.61. The molecule has 1 N–H and O–H groups in total. The average Bonchev–Trinajstić information content (AvgIpc) is 2.94. The first-order valence-corrected chi connectivity index (χ1v) is 8.52. The fourth-order valence-corrected chi connectivity index (χ4v) is 3.63. The minimum absolute atomic E-state index is 0.398. The molecule has 1 aromatic carbocycles. The number of nitrogens with one attached hydrogen (secondary N) is 1. The van der Waals surface area contributed by atoms with Crippen molar-refractivity contribution in [3.05, 3.63) is 27.7 Å². The Morgan fingerprint density at radius 1 is 1.35 bits per heavy atom. The Bertz CT molecular complexity index is 441. The third-order valence-electron chi connectivity index (χ3n) is 4.38. The number of benzene rings is 1. The smallest absolute Gasteiger partial charge is 0.123 e. The Balaban J connectivity index is 2.24. The summed E-state index contributed by atoms with van der Waals surface area (Å²) in [6.07, 6.45) is 6.80. The Hall–Kier alpha value is -0.540. The van der Waals surface area contributed by atoms with Gasteiger partial charge in [0.1, 0.15) is 5.75 Å². The fourth-order valence-electron chi connectivity index (χ4n) is 3.27. The lowest BCUT2D eigenvalue weighted by Crippen LogP contribution is -2.23. The minimum Gasteiger partial charge on any atom is -0.496 e. The predicted octanol–water partition coefficient (Wildman–Crippen LogP) is 5.00. The summed E-state index contributed by atoms with van der Waals surface area (Å²) >= 11 is 3.66. The maximum atomic E-state index is 5.61. The molecule has 0 spiro atoms. The van der Waals surface area contributed by atoms with Gasteiger partial charge in [-0.15, -0.1) is 0 Å². The van der Waals surface area contributed by atoms with Crippen LogP contribution in [0.5, 0.6) is 5.75 Å². The van der Waals surface area contributed by atoms with Crippen LogP contribution in [0, 0.1) is 12.8 Å². The highest BCUT2D eigenvalue weighted by molar-refractivity contribution is 9.10. The second-order valence-corrected chi connectivity index (χ2v) is 6.69. The second kappa shape index (κ2) is 7.46. The van der Waals surface area contributed by atoms with E-state index in [0.717, 1.165) is 18.2 Å². The van der Waals surface area contributed by atoms with Crippen LogP contribution in [0.1, 0.15) is 56.2 Å². The van der Waals surface area contributed by atoms with Gasteiger partial charge in [-0.1, -0.05) is 48.5 Å². The van der Waals surface area contributed by atoms with Crippen molar-refractivity contribution in [1.29, 1.82) is 0 Å². The zero-order chi connectivity index (χ0) is 14.5. The molecule has 1 fully saturated rings. The Labute approximate surface area is 131 Å². The van der Waals surface area contributed by atoms with E-state index < -0.39 is 0 Å². The quantitative estimate of drug-likeness (QED) is 0.787. The predicted molar refractivity (Wildman–Crippen MR) is 88.4 cm³/mol. The highest BCUT2D eigenvalue weighted by atomic mass is 79.9. The van der Waals surface area contributed by atoms with E-state index in [0.29, 0.717) is 6.04 Å². The molecule has 1 aromatic rings. The SMILES string of the molecule is CCNC(CC1CCCC1)c1cc(Br)c(C)cc1OC. The molecule has 2 rings (SSSR count). The van der Waals surface area contributed by atoms with Gasteiger partial charge < -0.3 is 10.1 Å². The normalized spacial score (nSPS) is 17.4. The molecule has 0 aliphatic heterocycles. The van der Waals surface area contributed by atoms with Gasteiger partial charge in [-0.3, -0.25) is 0 Å². The number of rotatable bonds is 6. The average molecular weight is 340 g/mol. The molecule has 3 heteroatoms. The van der Waals surface area contributed by atoms with Gasteiger partial charge in [-0.25, -0.2) is 0 Å². The number of hydrogen-bond acceptors (Lipinski definition) is 2. The summed E-state index contributed by atoms with van der Waals surface area (Å²) in [7, 11) is 1.77. The molecule has 20 heavy (non-hydrogen) atoms. The third kappa shape index (κ3) is 3.76. The molecule has 1 aliphatic carbocycles. The summed E-state index contributed by atoms with van der Waals surface area (Å²) in [6, 6.07) is 4.77. The zero-order valence-electron chi connectivity index (χ0n) is 12.8. The maximum Gasteiger partial charge on any atom is 0.123 e. The molecular weight excluding hydrogens is 314 g/mol. The number of aryl methyl sites for hydroxylation is 1. The molecule has 1 atom stereocenters. The van der Waals surface area contributed by atoms with Crippen LogP contribution < -0.4 is 10.1 Å². The van der Waals surface area contributed by atoms with Crippen molar-refractivity contribution in [3.63, 3.8) is 0 Å². The first kappa shape index (κ1) is 15.8. The Morgan fingerprint density at radius 3 is 2.65 bits per heavy atom. The standard InChI is InChI=1S/C17H26BrNO/c1-4-19-16(10-13-7-5-6-8-13)14-11-15(18)12(2)9-17(14)20-3/h9,11,13,16,19H,4-8,10H2,1-3H3. The van der Waals surface area contributed by atoms with Crippen LogP contribution in [0.2, 0.25) is 0 Å². The molecular formula is C17H26BrNO. The molecule has 1 aliphatic rings. The van der Waals surface area contributed by atoms with E-state index in [9.17, 15) is 0 Å². The van der Waals surface area contributed by atoms with Gasteiger partial charge in [0.2, 0.25) is 0 Å². The van der Waals surface area contributed by atoms with Gasteiger partial charge in [0.05, 0.1) is 7.11 Å². The van der Waals surface area contributed by atoms with Crippen LogP contribution in [-0.2, 0) is 0 Å².